The van der Waals surface area contributed by atoms with Crippen LogP contribution in [0.15, 0.2) is 26.5 Å². The molecule has 1 atom stereocenters. The molecule has 1 amide bonds. The number of anilines is 1. The number of nitrogens with one attached hydrogen (secondary N) is 1. The Morgan fingerprint density at radius 1 is 1.43 bits per heavy atom. The van der Waals surface area contributed by atoms with Crippen molar-refractivity contribution in [2.24, 2.45) is 5.73 Å². The van der Waals surface area contributed by atoms with Crippen LogP contribution in [0.4, 0.5) is 5.69 Å². The number of methoxy groups -OCH3 is 1. The number of aromatic nitrogens is 1. The van der Waals surface area contributed by atoms with Gasteiger partial charge in [0.2, 0.25) is 0 Å². The molecule has 5 nitrogen and oxygen atoms in total. The van der Waals surface area contributed by atoms with Crippen LogP contribution in [0.25, 0.3) is 0 Å². The number of thiazole rings is 1. The maximum atomic E-state index is 12.2. The van der Waals surface area contributed by atoms with E-state index in [2.05, 4.69) is 42.2 Å². The number of carbonyl (C=O) groups is 1. The molecule has 3 N–H and O–H groups in total. The molecule has 0 aliphatic rings. The van der Waals surface area contributed by atoms with E-state index in [1.54, 1.807) is 18.6 Å². The van der Waals surface area contributed by atoms with Gasteiger partial charge in [0.15, 0.2) is 0 Å². The summed E-state index contributed by atoms with van der Waals surface area (Å²) in [4.78, 5) is 16.4. The normalized spacial score (nSPS) is 12.0. The van der Waals surface area contributed by atoms with Gasteiger partial charge in [0, 0.05) is 15.9 Å². The van der Waals surface area contributed by atoms with Gasteiger partial charge in [-0.05, 0) is 44.8 Å². The Kier molecular flexibility index (Phi) is 5.37. The number of amides is 1. The molecule has 0 spiro atoms. The Morgan fingerprint density at radius 2 is 2.14 bits per heavy atom. The molecule has 2 rings (SSSR count). The maximum absolute atomic E-state index is 12.2. The molecule has 0 saturated carbocycles. The Hall–Kier alpha value is -0.960. The second kappa shape index (κ2) is 6.87. The summed E-state index contributed by atoms with van der Waals surface area (Å²) in [7, 11) is 1.56. The van der Waals surface area contributed by atoms with E-state index in [4.69, 9.17) is 10.5 Å². The SMILES string of the molecule is COc1cc(NC(=O)c2csc(C(C)N)n2)c(Br)cc1Br. The first-order chi connectivity index (χ1) is 9.92. The third kappa shape index (κ3) is 3.82. The number of hydrogen-bond donors (Lipinski definition) is 2. The van der Waals surface area contributed by atoms with Gasteiger partial charge in [-0.25, -0.2) is 4.98 Å². The highest BCUT2D eigenvalue weighted by Crippen LogP contribution is 2.34. The summed E-state index contributed by atoms with van der Waals surface area (Å²) in [5.74, 6) is 0.339. The Labute approximate surface area is 143 Å². The number of halogens is 2. The van der Waals surface area contributed by atoms with E-state index in [1.807, 2.05) is 13.0 Å². The standard InChI is InChI=1S/C13H13Br2N3O2S/c1-6(16)13-18-10(5-21-13)12(19)17-9-4-11(20-2)8(15)3-7(9)14/h3-6H,16H2,1-2H3,(H,17,19). The van der Waals surface area contributed by atoms with E-state index < -0.39 is 0 Å². The first kappa shape index (κ1) is 16.4. The minimum atomic E-state index is -0.289. The van der Waals surface area contributed by atoms with Crippen LogP contribution in [-0.2, 0) is 0 Å². The molecule has 1 unspecified atom stereocenters. The van der Waals surface area contributed by atoms with Crippen LogP contribution >= 0.6 is 43.2 Å². The van der Waals surface area contributed by atoms with Crippen LogP contribution in [0.2, 0.25) is 0 Å². The average Bonchev–Trinajstić information content (AvgIpc) is 2.91. The summed E-state index contributed by atoms with van der Waals surface area (Å²) < 4.78 is 6.75. The molecule has 0 radical (unpaired) electrons. The third-order valence-corrected chi connectivity index (χ3v) is 4.96. The van der Waals surface area contributed by atoms with E-state index >= 15 is 0 Å². The molecule has 0 fully saturated rings. The summed E-state index contributed by atoms with van der Waals surface area (Å²) >= 11 is 8.15. The van der Waals surface area contributed by atoms with Gasteiger partial charge in [-0.2, -0.15) is 0 Å². The zero-order chi connectivity index (χ0) is 15.6. The molecule has 0 aliphatic heterocycles. The van der Waals surface area contributed by atoms with Crippen molar-refractivity contribution >= 4 is 54.8 Å². The lowest BCUT2D eigenvalue weighted by Gasteiger charge is -2.10. The van der Waals surface area contributed by atoms with E-state index in [0.29, 0.717) is 17.1 Å². The van der Waals surface area contributed by atoms with Crippen molar-refractivity contribution in [1.82, 2.24) is 4.98 Å². The van der Waals surface area contributed by atoms with Crippen LogP contribution in [0.1, 0.15) is 28.5 Å². The first-order valence-electron chi connectivity index (χ1n) is 5.97. The minimum absolute atomic E-state index is 0.184. The number of nitrogens with zero attached hydrogens (tertiary/aromatic N) is 1. The molecular weight excluding hydrogens is 422 g/mol. The largest absolute Gasteiger partial charge is 0.495 e. The van der Waals surface area contributed by atoms with Crippen LogP contribution in [-0.4, -0.2) is 18.0 Å². The molecular formula is C13H13Br2N3O2S. The number of rotatable bonds is 4. The minimum Gasteiger partial charge on any atom is -0.495 e. The highest BCUT2D eigenvalue weighted by molar-refractivity contribution is 9.11. The van der Waals surface area contributed by atoms with Crippen molar-refractivity contribution in [3.8, 4) is 5.75 Å². The van der Waals surface area contributed by atoms with E-state index in [0.717, 1.165) is 14.0 Å². The third-order valence-electron chi connectivity index (χ3n) is 2.63. The second-order valence-corrected chi connectivity index (χ2v) is 6.88. The van der Waals surface area contributed by atoms with Crippen molar-refractivity contribution < 1.29 is 9.53 Å². The van der Waals surface area contributed by atoms with Gasteiger partial charge in [0.25, 0.3) is 5.91 Å². The highest BCUT2D eigenvalue weighted by atomic mass is 79.9. The Bertz CT molecular complexity index is 673. The first-order valence-corrected chi connectivity index (χ1v) is 8.44. The van der Waals surface area contributed by atoms with Crippen molar-refractivity contribution in [2.45, 2.75) is 13.0 Å². The van der Waals surface area contributed by atoms with Crippen LogP contribution in [0.5, 0.6) is 5.75 Å². The summed E-state index contributed by atoms with van der Waals surface area (Å²) in [5, 5.41) is 5.22. The molecule has 1 heterocycles. The average molecular weight is 435 g/mol. The van der Waals surface area contributed by atoms with Gasteiger partial charge >= 0.3 is 0 Å². The zero-order valence-corrected chi connectivity index (χ0v) is 15.3. The molecule has 0 aliphatic carbocycles. The Morgan fingerprint density at radius 3 is 2.71 bits per heavy atom. The monoisotopic (exact) mass is 433 g/mol. The fraction of sp³-hybridized carbons (Fsp3) is 0.231. The fourth-order valence-electron chi connectivity index (χ4n) is 1.57. The topological polar surface area (TPSA) is 77.2 Å². The summed E-state index contributed by atoms with van der Waals surface area (Å²) in [6, 6.07) is 3.35. The zero-order valence-electron chi connectivity index (χ0n) is 11.3. The number of nitrogens with two attached hydrogens (primary N) is 1. The smallest absolute Gasteiger partial charge is 0.275 e. The van der Waals surface area contributed by atoms with Gasteiger partial charge in [-0.3, -0.25) is 4.79 Å². The second-order valence-electron chi connectivity index (χ2n) is 4.28. The van der Waals surface area contributed by atoms with Crippen LogP contribution < -0.4 is 15.8 Å². The van der Waals surface area contributed by atoms with Gasteiger partial charge in [0.05, 0.1) is 23.3 Å². The van der Waals surface area contributed by atoms with Crippen molar-refractivity contribution in [1.29, 1.82) is 0 Å². The maximum Gasteiger partial charge on any atom is 0.275 e. The predicted molar refractivity (Wildman–Crippen MR) is 91.1 cm³/mol. The Balaban J connectivity index is 2.22. The van der Waals surface area contributed by atoms with Gasteiger partial charge < -0.3 is 15.8 Å². The van der Waals surface area contributed by atoms with Crippen LogP contribution in [0.3, 0.4) is 0 Å². The highest BCUT2D eigenvalue weighted by Gasteiger charge is 2.15. The lowest BCUT2D eigenvalue weighted by atomic mass is 10.3. The molecule has 2 aromatic rings. The van der Waals surface area contributed by atoms with Gasteiger partial charge in [-0.15, -0.1) is 11.3 Å². The van der Waals surface area contributed by atoms with Crippen LogP contribution in [0, 0.1) is 0 Å². The molecule has 0 bridgehead atoms. The molecule has 8 heteroatoms. The fourth-order valence-corrected chi connectivity index (χ4v) is 3.58. The summed E-state index contributed by atoms with van der Waals surface area (Å²) in [5.41, 5.74) is 6.70. The molecule has 112 valence electrons. The molecule has 1 aromatic heterocycles. The predicted octanol–water partition coefficient (Wildman–Crippen LogP) is 3.95. The number of carbonyl (C=O) groups excluding carboxylic acids is 1. The van der Waals surface area contributed by atoms with E-state index in [-0.39, 0.29) is 11.9 Å². The quantitative estimate of drug-likeness (QED) is 0.763. The van der Waals surface area contributed by atoms with Crippen molar-refractivity contribution in [3.63, 3.8) is 0 Å². The van der Waals surface area contributed by atoms with Crippen molar-refractivity contribution in [2.75, 3.05) is 12.4 Å². The van der Waals surface area contributed by atoms with Gasteiger partial charge in [-0.1, -0.05) is 0 Å². The molecule has 21 heavy (non-hydrogen) atoms. The number of benzene rings is 1. The number of ether oxygens (including phenoxy) is 1. The van der Waals surface area contributed by atoms with Gasteiger partial charge in [0.1, 0.15) is 16.5 Å². The lowest BCUT2D eigenvalue weighted by molar-refractivity contribution is 0.102. The molecule has 0 saturated heterocycles. The number of hydrogen-bond acceptors (Lipinski definition) is 5. The lowest BCUT2D eigenvalue weighted by Crippen LogP contribution is -2.13. The van der Waals surface area contributed by atoms with Crippen molar-refractivity contribution in [3.05, 3.63) is 37.2 Å². The van der Waals surface area contributed by atoms with E-state index in [1.165, 1.54) is 11.3 Å². The molecule has 1 aromatic carbocycles. The summed E-state index contributed by atoms with van der Waals surface area (Å²) in [6.07, 6.45) is 0. The van der Waals surface area contributed by atoms with E-state index in [9.17, 15) is 4.79 Å². The summed E-state index contributed by atoms with van der Waals surface area (Å²) in [6.45, 7) is 1.83.